The molecule has 9 aliphatic rings. The van der Waals surface area contributed by atoms with E-state index in [2.05, 4.69) is 59.8 Å². The van der Waals surface area contributed by atoms with Crippen LogP contribution >= 0.6 is 0 Å². The molecule has 0 amide bonds. The highest BCUT2D eigenvalue weighted by molar-refractivity contribution is 5.35. The fraction of sp³-hybridized carbons (Fsp3) is 0.934. The number of fused-ring (bicyclic) bond motifs is 5. The van der Waals surface area contributed by atoms with Crippen molar-refractivity contribution in [1.29, 1.82) is 0 Å². The summed E-state index contributed by atoms with van der Waals surface area (Å²) in [6.45, 7) is 15.1. The average molecular weight is 1270 g/mol. The van der Waals surface area contributed by atoms with Crippen LogP contribution in [0.3, 0.4) is 0 Å². The molecule has 27 heteroatoms. The number of rotatable bonds is 20. The molecule has 7 fully saturated rings. The minimum Gasteiger partial charge on any atom is -0.394 e. The van der Waals surface area contributed by atoms with Gasteiger partial charge in [0.1, 0.15) is 110 Å². The van der Waals surface area contributed by atoms with Crippen molar-refractivity contribution < 1.29 is 134 Å². The summed E-state index contributed by atoms with van der Waals surface area (Å²) in [5, 5.41) is 183. The summed E-state index contributed by atoms with van der Waals surface area (Å²) in [5.41, 5.74) is -1.67. The standard InChI is InChI=1S/C61H102O27/c1-25(10-14-37(58(5,6)78)87-56-51(88-55-50(77)45(72)41(68)32(22-64)83-55)47(74)43(70)34(85-56)24-79-52-39(66)26(2)38(65)30(20-62)81-52)27-16-17-61(9)35-13-11-28-29(59(35,7)18-19-60(27,61)8)12-15-36(57(28,3)4)86-54-49(76)46(73)42(69)33(84-54)23-80-53-48(75)44(71)40(67)31(21-63)82-53/h11,18-19,25-27,29-56,62-78H,10,12-17,20-24H2,1-9H3/t25-,26+,27?,29?,30-,31-,32+,33-,34-,35?,36+,37-,38+,39-,40-,41+,42-,43-,44+,45-,46+,47+,48-,49-,50+,51-,52-,53-,54+,55-,56+,59+,60-,61+/m1/s1. The average Bonchev–Trinajstić information content (AvgIpc) is 2.12. The summed E-state index contributed by atoms with van der Waals surface area (Å²) < 4.78 is 59.9. The molecule has 0 bridgehead atoms. The molecule has 4 aliphatic carbocycles. The van der Waals surface area contributed by atoms with Crippen LogP contribution in [0.1, 0.15) is 107 Å². The summed E-state index contributed by atoms with van der Waals surface area (Å²) in [4.78, 5) is 0. The van der Waals surface area contributed by atoms with Crippen LogP contribution in [0.15, 0.2) is 23.8 Å². The fourth-order valence-electron chi connectivity index (χ4n) is 16.5. The fourth-order valence-corrected chi connectivity index (χ4v) is 16.5. The highest BCUT2D eigenvalue weighted by atomic mass is 16.8. The predicted octanol–water partition coefficient (Wildman–Crippen LogP) is -3.33. The minimum atomic E-state index is -1.91. The van der Waals surface area contributed by atoms with Crippen molar-refractivity contribution >= 4 is 0 Å². The lowest BCUT2D eigenvalue weighted by Gasteiger charge is -2.63. The molecule has 5 saturated heterocycles. The first-order valence-corrected chi connectivity index (χ1v) is 31.5. The molecule has 0 aromatic carbocycles. The van der Waals surface area contributed by atoms with Crippen LogP contribution in [0.4, 0.5) is 0 Å². The van der Waals surface area contributed by atoms with Crippen LogP contribution in [0.5, 0.6) is 0 Å². The third-order valence-corrected chi connectivity index (χ3v) is 22.6. The van der Waals surface area contributed by atoms with Crippen molar-refractivity contribution in [2.45, 2.75) is 272 Å². The number of hydrogen-bond donors (Lipinski definition) is 17. The van der Waals surface area contributed by atoms with Crippen molar-refractivity contribution in [3.63, 3.8) is 0 Å². The molecule has 3 unspecified atom stereocenters. The van der Waals surface area contributed by atoms with Crippen molar-refractivity contribution in [2.24, 2.45) is 51.2 Å². The highest BCUT2D eigenvalue weighted by Gasteiger charge is 2.66. The van der Waals surface area contributed by atoms with Crippen molar-refractivity contribution in [3.05, 3.63) is 23.8 Å². The zero-order chi connectivity index (χ0) is 64.7. The van der Waals surface area contributed by atoms with Gasteiger partial charge in [0.15, 0.2) is 31.5 Å². The second kappa shape index (κ2) is 27.3. The van der Waals surface area contributed by atoms with E-state index in [1.165, 1.54) is 5.57 Å². The third-order valence-electron chi connectivity index (χ3n) is 22.6. The molecule has 5 aliphatic heterocycles. The van der Waals surface area contributed by atoms with Gasteiger partial charge in [0, 0.05) is 11.3 Å². The second-order valence-corrected chi connectivity index (χ2v) is 28.6. The molecule has 5 heterocycles. The molecule has 2 saturated carbocycles. The van der Waals surface area contributed by atoms with E-state index in [0.717, 1.165) is 25.7 Å². The lowest BCUT2D eigenvalue weighted by atomic mass is 9.41. The second-order valence-electron chi connectivity index (χ2n) is 28.6. The van der Waals surface area contributed by atoms with Crippen LogP contribution in [-0.4, -0.2) is 285 Å². The van der Waals surface area contributed by atoms with E-state index < -0.39 is 210 Å². The molecule has 0 aromatic rings. The molecule has 0 aromatic heterocycles. The lowest BCUT2D eigenvalue weighted by molar-refractivity contribution is -0.380. The monoisotopic (exact) mass is 1270 g/mol. The molecular weight excluding hydrogens is 1160 g/mol. The Morgan fingerprint density at radius 3 is 1.58 bits per heavy atom. The van der Waals surface area contributed by atoms with E-state index in [0.29, 0.717) is 12.8 Å². The van der Waals surface area contributed by atoms with Crippen LogP contribution in [0, 0.1) is 51.2 Å². The Bertz CT molecular complexity index is 2350. The normalized spacial score (nSPS) is 51.2. The smallest absolute Gasteiger partial charge is 0.187 e. The van der Waals surface area contributed by atoms with Gasteiger partial charge in [0.25, 0.3) is 0 Å². The van der Waals surface area contributed by atoms with Gasteiger partial charge in [0.05, 0.1) is 56.9 Å². The Morgan fingerprint density at radius 2 is 1.02 bits per heavy atom. The summed E-state index contributed by atoms with van der Waals surface area (Å²) in [6, 6.07) is 0. The van der Waals surface area contributed by atoms with Gasteiger partial charge < -0.3 is 134 Å². The zero-order valence-corrected chi connectivity index (χ0v) is 51.8. The SMILES string of the molecule is C[C@@H]1[C@@H](O)[C@H](OC[C@H]2O[C@@H](O[C@H](CC[C@@H](C)C3CC[C@@]4(C)C5CC=C6C(CC[C@H](O[C@@H]7O[C@H](CO[C@@H]8O[C@H](CO)[C@@H](O)[C@H](O)[C@H]8O)[C@@H](O)[C@H](O)[C@H]7O)C6(C)C)[C@]5(C)C=C[C@]34C)C(C)(C)O)[C@H](O[C@H]3O[C@@H](CO)[C@H](O)[C@@H](O)[C@@H]3O)[C@@H](O)[C@@H]2O)O[C@H](CO)[C@H]1O. The maximum Gasteiger partial charge on any atom is 0.187 e. The molecular formula is C61H102O27. The molecule has 508 valence electrons. The van der Waals surface area contributed by atoms with E-state index in [4.69, 9.17) is 47.4 Å². The first-order valence-electron chi connectivity index (χ1n) is 31.5. The Hall–Kier alpha value is -1.60. The van der Waals surface area contributed by atoms with Gasteiger partial charge >= 0.3 is 0 Å². The Kier molecular flexibility index (Phi) is 21.9. The molecule has 0 radical (unpaired) electrons. The topological polar surface area (TPSA) is 436 Å². The van der Waals surface area contributed by atoms with Gasteiger partial charge in [-0.3, -0.25) is 0 Å². The first kappa shape index (κ1) is 70.7. The molecule has 34 atom stereocenters. The highest BCUT2D eigenvalue weighted by Crippen LogP contribution is 2.73. The number of aliphatic hydroxyl groups excluding tert-OH is 16. The van der Waals surface area contributed by atoms with Gasteiger partial charge in [-0.15, -0.1) is 0 Å². The summed E-state index contributed by atoms with van der Waals surface area (Å²) in [5.74, 6) is -0.216. The maximum atomic E-state index is 11.9. The Labute approximate surface area is 513 Å². The Morgan fingerprint density at radius 1 is 0.545 bits per heavy atom. The zero-order valence-electron chi connectivity index (χ0n) is 51.8. The lowest BCUT2D eigenvalue weighted by Crippen LogP contribution is -2.65. The predicted molar refractivity (Wildman–Crippen MR) is 302 cm³/mol. The number of aliphatic hydroxyl groups is 17. The van der Waals surface area contributed by atoms with Crippen molar-refractivity contribution in [3.8, 4) is 0 Å². The summed E-state index contributed by atoms with van der Waals surface area (Å²) in [7, 11) is 0. The van der Waals surface area contributed by atoms with Crippen molar-refractivity contribution in [1.82, 2.24) is 0 Å². The molecule has 27 nitrogen and oxygen atoms in total. The quantitative estimate of drug-likeness (QED) is 0.0530. The van der Waals surface area contributed by atoms with Gasteiger partial charge in [-0.25, -0.2) is 0 Å². The van der Waals surface area contributed by atoms with E-state index in [9.17, 15) is 86.8 Å². The van der Waals surface area contributed by atoms with Gasteiger partial charge in [-0.2, -0.15) is 0 Å². The Balaban J connectivity index is 0.875. The number of allylic oxidation sites excluding steroid dienone is 3. The summed E-state index contributed by atoms with van der Waals surface area (Å²) in [6.07, 6.45) is -27.4. The van der Waals surface area contributed by atoms with E-state index in [1.807, 2.05) is 0 Å². The number of ether oxygens (including phenoxy) is 10. The van der Waals surface area contributed by atoms with Crippen LogP contribution in [0.25, 0.3) is 0 Å². The maximum absolute atomic E-state index is 11.9. The van der Waals surface area contributed by atoms with Crippen molar-refractivity contribution in [2.75, 3.05) is 33.0 Å². The minimum absolute atomic E-state index is 0.0546. The van der Waals surface area contributed by atoms with Crippen LogP contribution in [0.2, 0.25) is 0 Å². The molecule has 0 spiro atoms. The first-order chi connectivity index (χ1) is 41.2. The van der Waals surface area contributed by atoms with Crippen LogP contribution in [-0.2, 0) is 47.4 Å². The molecule has 88 heavy (non-hydrogen) atoms. The van der Waals surface area contributed by atoms with Crippen LogP contribution < -0.4 is 0 Å². The summed E-state index contributed by atoms with van der Waals surface area (Å²) >= 11 is 0. The van der Waals surface area contributed by atoms with E-state index >= 15 is 0 Å². The van der Waals surface area contributed by atoms with Gasteiger partial charge in [0.2, 0.25) is 0 Å². The third kappa shape index (κ3) is 12.9. The number of hydrogen-bond acceptors (Lipinski definition) is 27. The van der Waals surface area contributed by atoms with E-state index in [1.54, 1.807) is 20.8 Å². The van der Waals surface area contributed by atoms with Gasteiger partial charge in [-0.1, -0.05) is 72.3 Å². The van der Waals surface area contributed by atoms with Gasteiger partial charge in [-0.05, 0) is 98.7 Å². The molecule has 9 rings (SSSR count). The molecule has 17 N–H and O–H groups in total. The van der Waals surface area contributed by atoms with E-state index in [-0.39, 0.29) is 46.3 Å². The largest absolute Gasteiger partial charge is 0.394 e.